The Morgan fingerprint density at radius 3 is 2.29 bits per heavy atom. The van der Waals surface area contributed by atoms with Crippen molar-refractivity contribution in [3.05, 3.63) is 118 Å². The molecule has 0 radical (unpaired) electrons. The van der Waals surface area contributed by atoms with Crippen molar-refractivity contribution < 1.29 is 0 Å². The highest BCUT2D eigenvalue weighted by molar-refractivity contribution is 6.32. The maximum Gasteiger partial charge on any atom is 0.285 e. The first-order chi connectivity index (χ1) is 16.7. The predicted octanol–water partition coefficient (Wildman–Crippen LogP) is 5.39. The number of hydrazone groups is 1. The van der Waals surface area contributed by atoms with Crippen LogP contribution in [0.5, 0.6) is 0 Å². The summed E-state index contributed by atoms with van der Waals surface area (Å²) in [7, 11) is 0. The number of aromatic amines is 1. The molecule has 0 saturated heterocycles. The van der Waals surface area contributed by atoms with E-state index in [9.17, 15) is 4.79 Å². The van der Waals surface area contributed by atoms with Gasteiger partial charge in [0.05, 0.1) is 29.5 Å². The van der Waals surface area contributed by atoms with Gasteiger partial charge in [-0.2, -0.15) is 15.3 Å². The van der Waals surface area contributed by atoms with Gasteiger partial charge in [0, 0.05) is 11.1 Å². The van der Waals surface area contributed by atoms with Crippen LogP contribution in [0.25, 0.3) is 28.2 Å². The van der Waals surface area contributed by atoms with Crippen molar-refractivity contribution in [2.24, 2.45) is 5.10 Å². The number of hydrogen-bond acceptors (Lipinski definition) is 5. The van der Waals surface area contributed by atoms with Gasteiger partial charge in [0.25, 0.3) is 5.56 Å². The van der Waals surface area contributed by atoms with E-state index in [0.29, 0.717) is 5.69 Å². The minimum absolute atomic E-state index is 0.00356. The van der Waals surface area contributed by atoms with E-state index in [1.165, 1.54) is 6.20 Å². The molecule has 2 heterocycles. The summed E-state index contributed by atoms with van der Waals surface area (Å²) in [6, 6.07) is 30.2. The number of benzene rings is 3. The molecule has 34 heavy (non-hydrogen) atoms. The Labute approximate surface area is 200 Å². The van der Waals surface area contributed by atoms with Crippen LogP contribution in [0, 0.1) is 0 Å². The number of rotatable bonds is 6. The summed E-state index contributed by atoms with van der Waals surface area (Å²) in [6.45, 7) is 0. The van der Waals surface area contributed by atoms with Gasteiger partial charge < -0.3 is 0 Å². The lowest BCUT2D eigenvalue weighted by Crippen LogP contribution is -2.10. The largest absolute Gasteiger partial charge is 0.285 e. The van der Waals surface area contributed by atoms with Crippen molar-refractivity contribution in [1.29, 1.82) is 0 Å². The lowest BCUT2D eigenvalue weighted by atomic mass is 10.1. The Bertz CT molecular complexity index is 1490. The van der Waals surface area contributed by atoms with E-state index in [-0.39, 0.29) is 5.02 Å². The van der Waals surface area contributed by atoms with Crippen LogP contribution >= 0.6 is 11.6 Å². The zero-order valence-electron chi connectivity index (χ0n) is 17.9. The molecule has 0 bridgehead atoms. The molecular formula is C26H19ClN6O. The molecule has 2 N–H and O–H groups in total. The number of hydrogen-bond donors (Lipinski definition) is 2. The SMILES string of the molecule is O=c1[nH]ncc(NN=Cc2ccc(-n3nc(-c4ccccc4)cc3-c3ccccc3)cc2)c1Cl. The van der Waals surface area contributed by atoms with Gasteiger partial charge in [0.15, 0.2) is 0 Å². The number of halogens is 1. The summed E-state index contributed by atoms with van der Waals surface area (Å²) in [5, 5.41) is 15.0. The minimum atomic E-state index is -0.477. The van der Waals surface area contributed by atoms with Crippen LogP contribution in [0.1, 0.15) is 5.56 Å². The monoisotopic (exact) mass is 466 g/mol. The molecule has 7 nitrogen and oxygen atoms in total. The molecule has 3 aromatic carbocycles. The quantitative estimate of drug-likeness (QED) is 0.259. The van der Waals surface area contributed by atoms with Gasteiger partial charge in [0.2, 0.25) is 0 Å². The average Bonchev–Trinajstić information content (AvgIpc) is 3.34. The third kappa shape index (κ3) is 4.51. The topological polar surface area (TPSA) is 88.0 Å². The number of H-pyrrole nitrogens is 1. The van der Waals surface area contributed by atoms with Gasteiger partial charge >= 0.3 is 0 Å². The molecule has 8 heteroatoms. The maximum atomic E-state index is 11.5. The van der Waals surface area contributed by atoms with E-state index in [0.717, 1.165) is 33.8 Å². The second-order valence-corrected chi connectivity index (χ2v) is 7.82. The van der Waals surface area contributed by atoms with Crippen LogP contribution in [-0.2, 0) is 0 Å². The number of nitrogens with one attached hydrogen (secondary N) is 2. The second kappa shape index (κ2) is 9.56. The van der Waals surface area contributed by atoms with Crippen LogP contribution in [0.4, 0.5) is 5.69 Å². The van der Waals surface area contributed by atoms with E-state index in [1.807, 2.05) is 65.3 Å². The van der Waals surface area contributed by atoms with Gasteiger partial charge in [-0.15, -0.1) is 0 Å². The molecule has 0 fully saturated rings. The zero-order chi connectivity index (χ0) is 23.3. The Morgan fingerprint density at radius 2 is 1.59 bits per heavy atom. The molecule has 0 aliphatic rings. The van der Waals surface area contributed by atoms with Crippen LogP contribution in [-0.4, -0.2) is 26.2 Å². The third-order valence-corrected chi connectivity index (χ3v) is 5.56. The number of nitrogens with zero attached hydrogens (tertiary/aromatic N) is 4. The summed E-state index contributed by atoms with van der Waals surface area (Å²) >= 11 is 5.95. The highest BCUT2D eigenvalue weighted by Gasteiger charge is 2.13. The summed E-state index contributed by atoms with van der Waals surface area (Å²) < 4.78 is 1.94. The zero-order valence-corrected chi connectivity index (χ0v) is 18.6. The Morgan fingerprint density at radius 1 is 0.912 bits per heavy atom. The van der Waals surface area contributed by atoms with Crippen molar-refractivity contribution in [2.75, 3.05) is 5.43 Å². The number of aromatic nitrogens is 4. The summed E-state index contributed by atoms with van der Waals surface area (Å²) in [5.74, 6) is 0. The second-order valence-electron chi connectivity index (χ2n) is 7.45. The standard InChI is InChI=1S/C26H19ClN6O/c27-25-23(17-29-31-26(25)34)30-28-16-18-11-13-21(14-12-18)33-24(20-9-5-2-6-10-20)15-22(32-33)19-7-3-1-4-8-19/h1-17H,(H2,30,31,34). The summed E-state index contributed by atoms with van der Waals surface area (Å²) in [5.41, 5.74) is 8.41. The lowest BCUT2D eigenvalue weighted by molar-refractivity contribution is 0.892. The molecule has 0 unspecified atom stereocenters. The van der Waals surface area contributed by atoms with Crippen molar-refractivity contribution in [1.82, 2.24) is 20.0 Å². The van der Waals surface area contributed by atoms with E-state index in [1.54, 1.807) is 6.21 Å². The van der Waals surface area contributed by atoms with E-state index >= 15 is 0 Å². The van der Waals surface area contributed by atoms with Crippen molar-refractivity contribution in [3.8, 4) is 28.2 Å². The Balaban J connectivity index is 1.44. The normalized spacial score (nSPS) is 11.1. The van der Waals surface area contributed by atoms with Crippen LogP contribution < -0.4 is 11.0 Å². The predicted molar refractivity (Wildman–Crippen MR) is 136 cm³/mol. The fourth-order valence-corrected chi connectivity index (χ4v) is 3.62. The smallest absolute Gasteiger partial charge is 0.275 e. The molecule has 5 rings (SSSR count). The third-order valence-electron chi connectivity index (χ3n) is 5.18. The van der Waals surface area contributed by atoms with Crippen molar-refractivity contribution in [3.63, 3.8) is 0 Å². The minimum Gasteiger partial charge on any atom is -0.275 e. The summed E-state index contributed by atoms with van der Waals surface area (Å²) in [6.07, 6.45) is 3.04. The highest BCUT2D eigenvalue weighted by atomic mass is 35.5. The fraction of sp³-hybridized carbons (Fsp3) is 0. The Kier molecular flexibility index (Phi) is 6.01. The van der Waals surface area contributed by atoms with Gasteiger partial charge in [-0.1, -0.05) is 84.4 Å². The Hall–Kier alpha value is -4.49. The first kappa shape index (κ1) is 21.4. The molecule has 0 aliphatic carbocycles. The highest BCUT2D eigenvalue weighted by Crippen LogP contribution is 2.28. The molecule has 5 aromatic rings. The summed E-state index contributed by atoms with van der Waals surface area (Å²) in [4.78, 5) is 11.5. The van der Waals surface area contributed by atoms with Crippen molar-refractivity contribution >= 4 is 23.5 Å². The van der Waals surface area contributed by atoms with E-state index in [2.05, 4.69) is 51.1 Å². The average molecular weight is 467 g/mol. The lowest BCUT2D eigenvalue weighted by Gasteiger charge is -2.08. The molecule has 0 spiro atoms. The fourth-order valence-electron chi connectivity index (χ4n) is 3.48. The van der Waals surface area contributed by atoms with Crippen LogP contribution in [0.15, 0.2) is 107 Å². The van der Waals surface area contributed by atoms with Gasteiger partial charge in [-0.05, 0) is 23.8 Å². The first-order valence-electron chi connectivity index (χ1n) is 10.5. The molecule has 166 valence electrons. The first-order valence-corrected chi connectivity index (χ1v) is 10.9. The van der Waals surface area contributed by atoms with Gasteiger partial charge in [0.1, 0.15) is 10.7 Å². The number of anilines is 1. The van der Waals surface area contributed by atoms with Gasteiger partial charge in [-0.3, -0.25) is 10.2 Å². The molecule has 0 saturated carbocycles. The molecular weight excluding hydrogens is 448 g/mol. The van der Waals surface area contributed by atoms with Crippen molar-refractivity contribution in [2.45, 2.75) is 0 Å². The molecule has 0 aliphatic heterocycles. The molecule has 0 amide bonds. The molecule has 0 atom stereocenters. The van der Waals surface area contributed by atoms with E-state index in [4.69, 9.17) is 16.7 Å². The molecule has 2 aromatic heterocycles. The van der Waals surface area contributed by atoms with Gasteiger partial charge in [-0.25, -0.2) is 9.78 Å². The van der Waals surface area contributed by atoms with Crippen LogP contribution in [0.2, 0.25) is 5.02 Å². The van der Waals surface area contributed by atoms with E-state index < -0.39 is 5.56 Å². The maximum absolute atomic E-state index is 11.5. The van der Waals surface area contributed by atoms with Crippen LogP contribution in [0.3, 0.4) is 0 Å².